The number of alkyl halides is 1. The van der Waals surface area contributed by atoms with E-state index in [1.54, 1.807) is 0 Å². The van der Waals surface area contributed by atoms with Crippen LogP contribution in [0.3, 0.4) is 0 Å². The average Bonchev–Trinajstić information content (AvgIpc) is 3.25. The number of halogens is 1. The van der Waals surface area contributed by atoms with Crippen molar-refractivity contribution in [1.29, 1.82) is 0 Å². The van der Waals surface area contributed by atoms with E-state index in [1.807, 2.05) is 0 Å². The highest BCUT2D eigenvalue weighted by Gasteiger charge is 2.55. The molecule has 17 heteroatoms. The Kier molecular flexibility index (Phi) is 11.2. The van der Waals surface area contributed by atoms with E-state index in [-0.39, 0.29) is 12.1 Å². The third-order valence-corrected chi connectivity index (χ3v) is 8.84. The van der Waals surface area contributed by atoms with Gasteiger partial charge in [0.15, 0.2) is 12.6 Å². The summed E-state index contributed by atoms with van der Waals surface area (Å²) < 4.78 is 42.8. The molecule has 3 saturated heterocycles. The molecule has 0 amide bonds. The zero-order chi connectivity index (χ0) is 31.0. The fourth-order valence-electron chi connectivity index (χ4n) is 6.37. The number of ether oxygens (including phenoxy) is 5. The van der Waals surface area contributed by atoms with Crippen LogP contribution in [0.2, 0.25) is 0 Å². The van der Waals surface area contributed by atoms with Gasteiger partial charge in [0.1, 0.15) is 43.3 Å². The molecule has 42 heavy (non-hydrogen) atoms. The van der Waals surface area contributed by atoms with Crippen molar-refractivity contribution < 1.29 is 53.6 Å². The van der Waals surface area contributed by atoms with E-state index in [9.17, 15) is 29.9 Å². The van der Waals surface area contributed by atoms with Crippen LogP contribution >= 0.6 is 0 Å². The molecule has 16 nitrogen and oxygen atoms in total. The molecule has 3 aliphatic heterocycles. The van der Waals surface area contributed by atoms with Crippen LogP contribution in [0.15, 0.2) is 12.3 Å². The highest BCUT2D eigenvalue weighted by atomic mass is 19.1. The Balaban J connectivity index is 1.53. The van der Waals surface area contributed by atoms with Crippen LogP contribution in [0.25, 0.3) is 0 Å². The molecule has 0 bridgehead atoms. The molecule has 0 aromatic carbocycles. The van der Waals surface area contributed by atoms with Crippen molar-refractivity contribution in [2.24, 2.45) is 40.3 Å². The summed E-state index contributed by atoms with van der Waals surface area (Å²) in [5.74, 6) is -0.754. The van der Waals surface area contributed by atoms with Crippen LogP contribution in [0.1, 0.15) is 19.3 Å². The molecule has 244 valence electrons. The number of nitrogens with two attached hydrogens (primary N) is 6. The third-order valence-electron chi connectivity index (χ3n) is 8.84. The Labute approximate surface area is 243 Å². The predicted molar refractivity (Wildman–Crippen MR) is 143 cm³/mol. The summed E-state index contributed by atoms with van der Waals surface area (Å²) in [5.41, 5.74) is 36.6. The van der Waals surface area contributed by atoms with Crippen molar-refractivity contribution in [3.8, 4) is 0 Å². The third kappa shape index (κ3) is 6.60. The van der Waals surface area contributed by atoms with E-state index in [2.05, 4.69) is 6.58 Å². The van der Waals surface area contributed by atoms with Gasteiger partial charge in [-0.25, -0.2) is 4.39 Å². The number of aliphatic hydroxyl groups is 5. The fraction of sp³-hybridized carbons (Fsp3) is 0.920. The molecule has 0 aromatic rings. The maximum absolute atomic E-state index is 13.3. The molecular weight excluding hydrogens is 563 g/mol. The van der Waals surface area contributed by atoms with Crippen LogP contribution < -0.4 is 34.4 Å². The minimum atomic E-state index is -1.57. The van der Waals surface area contributed by atoms with Crippen molar-refractivity contribution in [3.63, 3.8) is 0 Å². The van der Waals surface area contributed by atoms with Gasteiger partial charge in [0.2, 0.25) is 0 Å². The van der Waals surface area contributed by atoms with Gasteiger partial charge < -0.3 is 83.6 Å². The molecule has 0 radical (unpaired) electrons. The minimum Gasteiger partial charge on any atom is -0.400 e. The molecule has 17 N–H and O–H groups in total. The topological polar surface area (TPSA) is 303 Å². The van der Waals surface area contributed by atoms with Gasteiger partial charge in [0, 0.05) is 29.7 Å². The molecule has 4 rings (SSSR count). The Bertz CT molecular complexity index is 916. The molecule has 0 aromatic heterocycles. The van der Waals surface area contributed by atoms with E-state index in [0.29, 0.717) is 12.8 Å². The second kappa shape index (κ2) is 13.9. The van der Waals surface area contributed by atoms with Crippen LogP contribution in [0.4, 0.5) is 4.39 Å². The van der Waals surface area contributed by atoms with Crippen LogP contribution in [-0.4, -0.2) is 143 Å². The van der Waals surface area contributed by atoms with E-state index in [1.165, 1.54) is 0 Å². The Morgan fingerprint density at radius 3 is 2.14 bits per heavy atom. The normalized spacial score (nSPS) is 50.9. The molecule has 3 heterocycles. The maximum Gasteiger partial charge on any atom is 0.187 e. The van der Waals surface area contributed by atoms with Gasteiger partial charge in [-0.3, -0.25) is 0 Å². The lowest BCUT2D eigenvalue weighted by Gasteiger charge is -2.50. The molecule has 1 aliphatic carbocycles. The van der Waals surface area contributed by atoms with Crippen LogP contribution in [0, 0.1) is 5.92 Å². The van der Waals surface area contributed by atoms with Gasteiger partial charge >= 0.3 is 0 Å². The van der Waals surface area contributed by atoms with E-state index >= 15 is 0 Å². The first kappa shape index (κ1) is 33.8. The molecule has 4 fully saturated rings. The van der Waals surface area contributed by atoms with Crippen molar-refractivity contribution in [3.05, 3.63) is 12.3 Å². The first-order valence-corrected chi connectivity index (χ1v) is 14.2. The maximum atomic E-state index is 13.3. The van der Waals surface area contributed by atoms with E-state index in [0.717, 1.165) is 0 Å². The fourth-order valence-corrected chi connectivity index (χ4v) is 6.37. The average molecular weight is 611 g/mol. The predicted octanol–water partition coefficient (Wildman–Crippen LogP) is -5.71. The summed E-state index contributed by atoms with van der Waals surface area (Å²) in [7, 11) is 0. The number of hydrogen-bond donors (Lipinski definition) is 11. The van der Waals surface area contributed by atoms with Gasteiger partial charge in [-0.2, -0.15) is 0 Å². The molecule has 4 aliphatic rings. The summed E-state index contributed by atoms with van der Waals surface area (Å²) in [5, 5.41) is 53.0. The molecular formula is C25H47FN6O10. The zero-order valence-corrected chi connectivity index (χ0v) is 23.3. The van der Waals surface area contributed by atoms with Gasteiger partial charge in [-0.1, -0.05) is 6.58 Å². The van der Waals surface area contributed by atoms with Crippen molar-refractivity contribution >= 4 is 0 Å². The van der Waals surface area contributed by atoms with Crippen molar-refractivity contribution in [2.75, 3.05) is 13.3 Å². The van der Waals surface area contributed by atoms with Crippen LogP contribution in [-0.2, 0) is 23.7 Å². The number of aliphatic hydroxyl groups excluding tert-OH is 5. The Hall–Kier alpha value is -1.13. The first-order chi connectivity index (χ1) is 19.8. The Morgan fingerprint density at radius 2 is 1.52 bits per heavy atom. The summed E-state index contributed by atoms with van der Waals surface area (Å²) in [4.78, 5) is 0. The molecule has 1 saturated carbocycles. The highest BCUT2D eigenvalue weighted by Crippen LogP contribution is 2.38. The summed E-state index contributed by atoms with van der Waals surface area (Å²) in [6, 6.07) is -4.14. The molecule has 0 spiro atoms. The van der Waals surface area contributed by atoms with Gasteiger partial charge in [-0.05, 0) is 19.3 Å². The largest absolute Gasteiger partial charge is 0.400 e. The van der Waals surface area contributed by atoms with E-state index < -0.39 is 123 Å². The quantitative estimate of drug-likeness (QED) is 0.116. The van der Waals surface area contributed by atoms with Crippen LogP contribution in [0.5, 0.6) is 0 Å². The van der Waals surface area contributed by atoms with Gasteiger partial charge in [0.05, 0.1) is 43.1 Å². The number of hydrogen-bond acceptors (Lipinski definition) is 16. The molecule has 1 unspecified atom stereocenters. The summed E-state index contributed by atoms with van der Waals surface area (Å²) in [6.07, 6.45) is -13.9. The molecule has 18 atom stereocenters. The first-order valence-electron chi connectivity index (χ1n) is 14.2. The van der Waals surface area contributed by atoms with Gasteiger partial charge in [-0.15, -0.1) is 0 Å². The van der Waals surface area contributed by atoms with Crippen molar-refractivity contribution in [2.45, 2.75) is 123 Å². The zero-order valence-electron chi connectivity index (χ0n) is 23.3. The SMILES string of the molecule is C=C(N)[C@@H]1O[C@H](O[C@H]2[C@@H](O)[C@H](O[C@@H]3[C@@H](O)[C@H](N)C[C@H](N)[C@H]3C3O[C@H]([C@@H](N)CF)CC[C@H]3N)O[C@@H]2CO)[C@H](N)[C@@H](O)[C@@H]1O. The van der Waals surface area contributed by atoms with Gasteiger partial charge in [0.25, 0.3) is 0 Å². The Morgan fingerprint density at radius 1 is 0.857 bits per heavy atom. The second-order valence-corrected chi connectivity index (χ2v) is 11.8. The smallest absolute Gasteiger partial charge is 0.187 e. The minimum absolute atomic E-state index is 0.0898. The lowest BCUT2D eigenvalue weighted by atomic mass is 9.72. The lowest BCUT2D eigenvalue weighted by molar-refractivity contribution is -0.275. The van der Waals surface area contributed by atoms with Crippen molar-refractivity contribution in [1.82, 2.24) is 0 Å². The number of rotatable bonds is 9. The standard InChI is InChI=1S/C25H47FN6O10/c1-7(27)20-18(36)17(35)15(32)24(40-20)41-22-13(6-33)39-25(19(22)37)42-23-14(9(29)4-10(30)16(23)34)21-8(28)2-3-12(38-21)11(31)5-26/h8-25,33-37H,1-6,27-32H2/t8-,9+,10-,11+,12+,13-,14+,15-,16+,17-,18+,19-,20+,21?,22-,23+,24-,25+/m1/s1. The summed E-state index contributed by atoms with van der Waals surface area (Å²) in [6.45, 7) is 2.10. The van der Waals surface area contributed by atoms with E-state index in [4.69, 9.17) is 58.1 Å². The summed E-state index contributed by atoms with van der Waals surface area (Å²) >= 11 is 0. The lowest BCUT2D eigenvalue weighted by Crippen LogP contribution is -2.67. The monoisotopic (exact) mass is 610 g/mol. The second-order valence-electron chi connectivity index (χ2n) is 11.8. The highest BCUT2D eigenvalue weighted by molar-refractivity contribution is 5.08.